The highest BCUT2D eigenvalue weighted by Gasteiger charge is 2.40. The molecular formula is C25H19F3N2O2S. The number of fused-ring (bicyclic) bond motifs is 1. The summed E-state index contributed by atoms with van der Waals surface area (Å²) < 4.78 is 42.3. The topological polar surface area (TPSA) is 51.4 Å². The SMILES string of the molecule is CC1(C)CC(=O)C2=C(C1)N=c1sc(=Cc3ccc(F)c(F)c3)c(=O)n1[C@@H]2c1ccc(F)cc1. The molecule has 0 bridgehead atoms. The van der Waals surface area contributed by atoms with Crippen molar-refractivity contribution in [3.05, 3.63) is 102 Å². The second-order valence-corrected chi connectivity index (χ2v) is 10.1. The van der Waals surface area contributed by atoms with E-state index in [0.717, 1.165) is 23.5 Å². The third-order valence-electron chi connectivity index (χ3n) is 5.92. The van der Waals surface area contributed by atoms with Gasteiger partial charge in [-0.05, 0) is 53.3 Å². The fourth-order valence-corrected chi connectivity index (χ4v) is 5.48. The number of thiazole rings is 1. The highest BCUT2D eigenvalue weighted by atomic mass is 32.1. The molecule has 0 amide bonds. The molecule has 2 aromatic carbocycles. The molecule has 0 saturated heterocycles. The number of carbonyl (C=O) groups excluding carboxylic acids is 1. The Morgan fingerprint density at radius 3 is 2.45 bits per heavy atom. The molecule has 0 saturated carbocycles. The summed E-state index contributed by atoms with van der Waals surface area (Å²) in [7, 11) is 0. The number of nitrogens with zero attached hydrogens (tertiary/aromatic N) is 2. The molecule has 2 aliphatic rings. The third kappa shape index (κ3) is 3.78. The Hall–Kier alpha value is -3.26. The van der Waals surface area contributed by atoms with Crippen LogP contribution in [0.25, 0.3) is 6.08 Å². The first-order valence-corrected chi connectivity index (χ1v) is 11.2. The number of allylic oxidation sites excluding steroid dienone is 2. The Bertz CT molecular complexity index is 1510. The first-order valence-electron chi connectivity index (χ1n) is 10.4. The smallest absolute Gasteiger partial charge is 0.271 e. The summed E-state index contributed by atoms with van der Waals surface area (Å²) in [5, 5.41) is 0. The maximum atomic E-state index is 13.7. The number of hydrogen-bond acceptors (Lipinski definition) is 4. The van der Waals surface area contributed by atoms with Crippen molar-refractivity contribution >= 4 is 23.2 Å². The monoisotopic (exact) mass is 468 g/mol. The predicted octanol–water partition coefficient (Wildman–Crippen LogP) is 4.02. The van der Waals surface area contributed by atoms with Crippen LogP contribution in [0.15, 0.2) is 63.5 Å². The molecule has 3 aromatic rings. The first-order chi connectivity index (χ1) is 15.6. The van der Waals surface area contributed by atoms with Gasteiger partial charge < -0.3 is 0 Å². The van der Waals surface area contributed by atoms with Crippen LogP contribution in [-0.4, -0.2) is 10.4 Å². The van der Waals surface area contributed by atoms with Gasteiger partial charge in [-0.1, -0.05) is 43.4 Å². The molecule has 0 radical (unpaired) electrons. The van der Waals surface area contributed by atoms with Gasteiger partial charge in [0.25, 0.3) is 5.56 Å². The molecule has 2 heterocycles. The van der Waals surface area contributed by atoms with Crippen molar-refractivity contribution in [3.8, 4) is 0 Å². The minimum atomic E-state index is -1.01. The van der Waals surface area contributed by atoms with Gasteiger partial charge in [0.15, 0.2) is 22.2 Å². The number of aromatic nitrogens is 1. The van der Waals surface area contributed by atoms with Crippen molar-refractivity contribution in [3.63, 3.8) is 0 Å². The molecular weight excluding hydrogens is 449 g/mol. The van der Waals surface area contributed by atoms with Gasteiger partial charge in [0.1, 0.15) is 5.82 Å². The quantitative estimate of drug-likeness (QED) is 0.571. The standard InChI is InChI=1S/C25H19F3N2O2S/c1-25(2)11-18-21(19(31)12-25)22(14-4-6-15(26)7-5-14)30-23(32)20(33-24(30)29-18)10-13-3-8-16(27)17(28)9-13/h3-10,22H,11-12H2,1-2H3/t22-/m1/s1. The van der Waals surface area contributed by atoms with E-state index in [1.807, 2.05) is 13.8 Å². The lowest BCUT2D eigenvalue weighted by molar-refractivity contribution is -0.118. The molecule has 168 valence electrons. The van der Waals surface area contributed by atoms with Crippen molar-refractivity contribution in [2.45, 2.75) is 32.7 Å². The lowest BCUT2D eigenvalue weighted by atomic mass is 9.73. The molecule has 4 nitrogen and oxygen atoms in total. The minimum Gasteiger partial charge on any atom is -0.294 e. The Balaban J connectivity index is 1.76. The first kappa shape index (κ1) is 21.6. The van der Waals surface area contributed by atoms with Gasteiger partial charge in [0.2, 0.25) is 0 Å². The number of ketones is 1. The Morgan fingerprint density at radius 2 is 1.76 bits per heavy atom. The van der Waals surface area contributed by atoms with Crippen LogP contribution < -0.4 is 14.9 Å². The molecule has 1 aliphatic heterocycles. The normalized spacial score (nSPS) is 19.8. The summed E-state index contributed by atoms with van der Waals surface area (Å²) in [6.07, 6.45) is 2.37. The van der Waals surface area contributed by atoms with E-state index in [2.05, 4.69) is 4.99 Å². The molecule has 33 heavy (non-hydrogen) atoms. The van der Waals surface area contributed by atoms with Gasteiger partial charge in [-0.2, -0.15) is 0 Å². The van der Waals surface area contributed by atoms with Crippen LogP contribution in [0.4, 0.5) is 13.2 Å². The molecule has 1 aromatic heterocycles. The van der Waals surface area contributed by atoms with Crippen LogP contribution in [-0.2, 0) is 4.79 Å². The summed E-state index contributed by atoms with van der Waals surface area (Å²) >= 11 is 1.12. The van der Waals surface area contributed by atoms with Gasteiger partial charge >= 0.3 is 0 Å². The lowest BCUT2D eigenvalue weighted by Gasteiger charge is -2.35. The highest BCUT2D eigenvalue weighted by molar-refractivity contribution is 7.07. The van der Waals surface area contributed by atoms with E-state index < -0.39 is 29.1 Å². The zero-order chi connectivity index (χ0) is 23.5. The van der Waals surface area contributed by atoms with Crippen molar-refractivity contribution in [2.24, 2.45) is 10.4 Å². The Morgan fingerprint density at radius 1 is 1.03 bits per heavy atom. The molecule has 0 N–H and O–H groups in total. The van der Waals surface area contributed by atoms with E-state index in [0.29, 0.717) is 40.0 Å². The van der Waals surface area contributed by atoms with Gasteiger partial charge in [0, 0.05) is 12.0 Å². The van der Waals surface area contributed by atoms with Gasteiger partial charge in [-0.25, -0.2) is 18.2 Å². The number of hydrogen-bond donors (Lipinski definition) is 0. The van der Waals surface area contributed by atoms with Crippen molar-refractivity contribution in [1.29, 1.82) is 0 Å². The minimum absolute atomic E-state index is 0.0887. The largest absolute Gasteiger partial charge is 0.294 e. The van der Waals surface area contributed by atoms with Crippen LogP contribution in [0.1, 0.15) is 43.9 Å². The molecule has 1 aliphatic carbocycles. The van der Waals surface area contributed by atoms with E-state index in [-0.39, 0.29) is 15.7 Å². The Kier molecular flexibility index (Phi) is 5.01. The summed E-state index contributed by atoms with van der Waals surface area (Å²) in [6, 6.07) is 8.39. The summed E-state index contributed by atoms with van der Waals surface area (Å²) in [6.45, 7) is 3.99. The maximum Gasteiger partial charge on any atom is 0.271 e. The summed E-state index contributed by atoms with van der Waals surface area (Å²) in [5.74, 6) is -2.49. The molecule has 0 unspecified atom stereocenters. The summed E-state index contributed by atoms with van der Waals surface area (Å²) in [4.78, 5) is 31.7. The molecule has 8 heteroatoms. The number of carbonyl (C=O) groups is 1. The zero-order valence-corrected chi connectivity index (χ0v) is 18.7. The lowest BCUT2D eigenvalue weighted by Crippen LogP contribution is -2.42. The highest BCUT2D eigenvalue weighted by Crippen LogP contribution is 2.43. The summed E-state index contributed by atoms with van der Waals surface area (Å²) in [5.41, 5.74) is 1.35. The second-order valence-electron chi connectivity index (χ2n) is 9.11. The molecule has 0 fully saturated rings. The van der Waals surface area contributed by atoms with Crippen molar-refractivity contribution < 1.29 is 18.0 Å². The second kappa shape index (κ2) is 7.66. The van der Waals surface area contributed by atoms with E-state index in [1.54, 1.807) is 12.1 Å². The van der Waals surface area contributed by atoms with Gasteiger partial charge in [-0.3, -0.25) is 14.2 Å². The van der Waals surface area contributed by atoms with E-state index in [9.17, 15) is 22.8 Å². The Labute approximate surface area is 191 Å². The maximum absolute atomic E-state index is 13.7. The van der Waals surface area contributed by atoms with E-state index in [4.69, 9.17) is 0 Å². The third-order valence-corrected chi connectivity index (χ3v) is 6.91. The number of halogens is 3. The van der Waals surface area contributed by atoms with Crippen LogP contribution in [0.3, 0.4) is 0 Å². The average Bonchev–Trinajstić information content (AvgIpc) is 3.04. The molecule has 0 spiro atoms. The van der Waals surface area contributed by atoms with Gasteiger partial charge in [-0.15, -0.1) is 0 Å². The fourth-order valence-electron chi connectivity index (χ4n) is 4.46. The predicted molar refractivity (Wildman–Crippen MR) is 119 cm³/mol. The van der Waals surface area contributed by atoms with E-state index >= 15 is 0 Å². The molecule has 5 rings (SSSR count). The number of rotatable bonds is 2. The van der Waals surface area contributed by atoms with Gasteiger partial charge in [0.05, 0.1) is 16.3 Å². The number of benzene rings is 2. The van der Waals surface area contributed by atoms with E-state index in [1.165, 1.54) is 28.8 Å². The van der Waals surface area contributed by atoms with Crippen LogP contribution in [0.5, 0.6) is 0 Å². The molecule has 1 atom stereocenters. The van der Waals surface area contributed by atoms with Crippen LogP contribution in [0, 0.1) is 22.9 Å². The zero-order valence-electron chi connectivity index (χ0n) is 17.9. The number of Topliss-reactive ketones (excluding diaryl/α,β-unsaturated/α-hetero) is 1. The van der Waals surface area contributed by atoms with Crippen molar-refractivity contribution in [2.75, 3.05) is 0 Å². The fraction of sp³-hybridized carbons (Fsp3) is 0.240. The van der Waals surface area contributed by atoms with Crippen molar-refractivity contribution in [1.82, 2.24) is 4.57 Å². The van der Waals surface area contributed by atoms with Crippen LogP contribution >= 0.6 is 11.3 Å². The van der Waals surface area contributed by atoms with Crippen LogP contribution in [0.2, 0.25) is 0 Å². The average molecular weight is 469 g/mol.